The molecule has 0 nitrogen and oxygen atoms in total. The van der Waals surface area contributed by atoms with Gasteiger partial charge in [0.2, 0.25) is 0 Å². The minimum absolute atomic E-state index is 0.312. The van der Waals surface area contributed by atoms with Crippen molar-refractivity contribution in [3.05, 3.63) is 46.1 Å². The fourth-order valence-corrected chi connectivity index (χ4v) is 5.88. The van der Waals surface area contributed by atoms with Crippen LogP contribution in [0.2, 0.25) is 0 Å². The van der Waals surface area contributed by atoms with Crippen LogP contribution in [0, 0.1) is 11.3 Å². The van der Waals surface area contributed by atoms with Gasteiger partial charge in [-0.15, -0.1) is 0 Å². The van der Waals surface area contributed by atoms with Crippen LogP contribution in [0.15, 0.2) is 46.1 Å². The van der Waals surface area contributed by atoms with E-state index in [1.54, 1.807) is 22.3 Å². The molecule has 0 spiro atoms. The van der Waals surface area contributed by atoms with E-state index in [9.17, 15) is 0 Å². The molecule has 0 N–H and O–H groups in total. The van der Waals surface area contributed by atoms with Crippen molar-refractivity contribution in [3.8, 4) is 0 Å². The van der Waals surface area contributed by atoms with Gasteiger partial charge in [0.25, 0.3) is 0 Å². The first kappa shape index (κ1) is 15.5. The van der Waals surface area contributed by atoms with Crippen molar-refractivity contribution in [3.63, 3.8) is 0 Å². The van der Waals surface area contributed by atoms with E-state index in [0.29, 0.717) is 5.41 Å². The zero-order chi connectivity index (χ0) is 15.9. The van der Waals surface area contributed by atoms with Gasteiger partial charge >= 0.3 is 0 Å². The molecule has 4 aliphatic carbocycles. The molecule has 4 aliphatic rings. The third-order valence-corrected chi connectivity index (χ3v) is 7.20. The topological polar surface area (TPSA) is 0 Å². The van der Waals surface area contributed by atoms with E-state index in [1.807, 2.05) is 5.57 Å². The number of rotatable bonds is 4. The van der Waals surface area contributed by atoms with E-state index in [0.717, 1.165) is 5.92 Å². The summed E-state index contributed by atoms with van der Waals surface area (Å²) in [7, 11) is 0. The lowest BCUT2D eigenvalue weighted by molar-refractivity contribution is 0.397. The molecule has 0 saturated heterocycles. The Morgan fingerprint density at radius 1 is 1.00 bits per heavy atom. The first-order valence-corrected chi connectivity index (χ1v) is 10.1. The quantitative estimate of drug-likeness (QED) is 0.522. The second-order valence-electron chi connectivity index (χ2n) is 8.05. The minimum atomic E-state index is 0.312. The van der Waals surface area contributed by atoms with Gasteiger partial charge < -0.3 is 0 Å². The summed E-state index contributed by atoms with van der Waals surface area (Å²) in [4.78, 5) is 0. The van der Waals surface area contributed by atoms with Crippen LogP contribution in [0.4, 0.5) is 0 Å². The SMILES string of the molecule is CCC(CC)(C1=CCC2=C1CCCC2)C1=C2CCCCC2C=C1. The number of allylic oxidation sites excluding steroid dienone is 8. The molecule has 0 heterocycles. The highest BCUT2D eigenvalue weighted by atomic mass is 14.5. The summed E-state index contributed by atoms with van der Waals surface area (Å²) in [6.45, 7) is 4.87. The summed E-state index contributed by atoms with van der Waals surface area (Å²) in [5, 5.41) is 0. The van der Waals surface area contributed by atoms with E-state index < -0.39 is 0 Å². The largest absolute Gasteiger partial charge is 0.0770 e. The van der Waals surface area contributed by atoms with Gasteiger partial charge in [-0.1, -0.05) is 49.6 Å². The second-order valence-corrected chi connectivity index (χ2v) is 8.05. The average molecular weight is 309 g/mol. The van der Waals surface area contributed by atoms with E-state index in [2.05, 4.69) is 32.1 Å². The third-order valence-electron chi connectivity index (χ3n) is 7.20. The molecular formula is C23H32. The average Bonchev–Trinajstić information content (AvgIpc) is 3.23. The van der Waals surface area contributed by atoms with Crippen LogP contribution in [0.1, 0.15) is 84.5 Å². The highest BCUT2D eigenvalue weighted by molar-refractivity contribution is 5.56. The third kappa shape index (κ3) is 2.32. The van der Waals surface area contributed by atoms with Crippen molar-refractivity contribution < 1.29 is 0 Å². The molecule has 1 atom stereocenters. The maximum Gasteiger partial charge on any atom is 0.0197 e. The van der Waals surface area contributed by atoms with Crippen LogP contribution in [0.5, 0.6) is 0 Å². The Labute approximate surface area is 142 Å². The van der Waals surface area contributed by atoms with Gasteiger partial charge in [0.05, 0.1) is 0 Å². The smallest absolute Gasteiger partial charge is 0.0197 e. The van der Waals surface area contributed by atoms with Gasteiger partial charge in [0.15, 0.2) is 0 Å². The zero-order valence-corrected chi connectivity index (χ0v) is 15.1. The molecule has 0 aromatic rings. The zero-order valence-electron chi connectivity index (χ0n) is 15.1. The van der Waals surface area contributed by atoms with Crippen LogP contribution in [0.25, 0.3) is 0 Å². The Balaban J connectivity index is 1.78. The second kappa shape index (κ2) is 6.11. The first-order chi connectivity index (χ1) is 11.3. The van der Waals surface area contributed by atoms with Crippen molar-refractivity contribution in [2.45, 2.75) is 84.5 Å². The van der Waals surface area contributed by atoms with E-state index in [-0.39, 0.29) is 0 Å². The molecule has 0 aliphatic heterocycles. The van der Waals surface area contributed by atoms with Gasteiger partial charge in [-0.2, -0.15) is 0 Å². The summed E-state index contributed by atoms with van der Waals surface area (Å²) < 4.78 is 0. The Hall–Kier alpha value is -1.04. The fourth-order valence-electron chi connectivity index (χ4n) is 5.88. The maximum atomic E-state index is 2.63. The maximum absolute atomic E-state index is 2.63. The first-order valence-electron chi connectivity index (χ1n) is 10.1. The van der Waals surface area contributed by atoms with Crippen LogP contribution >= 0.6 is 0 Å². The van der Waals surface area contributed by atoms with Crippen molar-refractivity contribution in [2.75, 3.05) is 0 Å². The molecular weight excluding hydrogens is 276 g/mol. The van der Waals surface area contributed by atoms with Crippen molar-refractivity contribution in [1.29, 1.82) is 0 Å². The van der Waals surface area contributed by atoms with Gasteiger partial charge in [0, 0.05) is 5.41 Å². The minimum Gasteiger partial charge on any atom is -0.0770 e. The highest BCUT2D eigenvalue weighted by Crippen LogP contribution is 2.55. The van der Waals surface area contributed by atoms with E-state index >= 15 is 0 Å². The Bertz CT molecular complexity index is 604. The molecule has 1 fully saturated rings. The lowest BCUT2D eigenvalue weighted by Gasteiger charge is -2.39. The molecule has 0 aromatic carbocycles. The van der Waals surface area contributed by atoms with Crippen LogP contribution < -0.4 is 0 Å². The number of hydrogen-bond donors (Lipinski definition) is 0. The molecule has 0 amide bonds. The lowest BCUT2D eigenvalue weighted by atomic mass is 9.65. The fraction of sp³-hybridized carbons (Fsp3) is 0.652. The van der Waals surface area contributed by atoms with E-state index in [4.69, 9.17) is 0 Å². The van der Waals surface area contributed by atoms with Crippen LogP contribution in [0.3, 0.4) is 0 Å². The molecule has 0 heteroatoms. The number of hydrogen-bond acceptors (Lipinski definition) is 0. The Morgan fingerprint density at radius 2 is 1.78 bits per heavy atom. The highest BCUT2D eigenvalue weighted by Gasteiger charge is 2.41. The van der Waals surface area contributed by atoms with Gasteiger partial charge in [0.1, 0.15) is 0 Å². The molecule has 1 unspecified atom stereocenters. The summed E-state index contributed by atoms with van der Waals surface area (Å²) in [5.41, 5.74) is 9.16. The van der Waals surface area contributed by atoms with E-state index in [1.165, 1.54) is 70.6 Å². The normalized spacial score (nSPS) is 27.4. The van der Waals surface area contributed by atoms with Crippen LogP contribution in [-0.4, -0.2) is 0 Å². The van der Waals surface area contributed by atoms with Crippen molar-refractivity contribution in [2.24, 2.45) is 11.3 Å². The molecule has 0 aromatic heterocycles. The lowest BCUT2D eigenvalue weighted by Crippen LogP contribution is -2.26. The molecule has 1 saturated carbocycles. The monoisotopic (exact) mass is 308 g/mol. The molecule has 124 valence electrons. The molecule has 4 rings (SSSR count). The predicted molar refractivity (Wildman–Crippen MR) is 99.3 cm³/mol. The van der Waals surface area contributed by atoms with Crippen molar-refractivity contribution >= 4 is 0 Å². The summed E-state index contributed by atoms with van der Waals surface area (Å²) in [6.07, 6.45) is 22.6. The van der Waals surface area contributed by atoms with Gasteiger partial charge in [-0.05, 0) is 86.8 Å². The Morgan fingerprint density at radius 3 is 2.61 bits per heavy atom. The number of fused-ring (bicyclic) bond motifs is 1. The van der Waals surface area contributed by atoms with Crippen molar-refractivity contribution in [1.82, 2.24) is 0 Å². The molecule has 23 heavy (non-hydrogen) atoms. The summed E-state index contributed by atoms with van der Waals surface area (Å²) >= 11 is 0. The molecule has 0 radical (unpaired) electrons. The standard InChI is InChI=1S/C23H32/c1-3-23(4-2,21-15-13-17-9-5-7-11-19(17)21)22-16-14-18-10-6-8-12-20(18)22/h13,15-17H,3-12,14H2,1-2H3. The summed E-state index contributed by atoms with van der Waals surface area (Å²) in [6, 6.07) is 0. The van der Waals surface area contributed by atoms with Gasteiger partial charge in [-0.3, -0.25) is 0 Å². The Kier molecular flexibility index (Phi) is 4.12. The van der Waals surface area contributed by atoms with Gasteiger partial charge in [-0.25, -0.2) is 0 Å². The predicted octanol–water partition coefficient (Wildman–Crippen LogP) is 7.05. The summed E-state index contributed by atoms with van der Waals surface area (Å²) in [5.74, 6) is 0.776. The molecule has 0 bridgehead atoms. The van der Waals surface area contributed by atoms with Crippen LogP contribution in [-0.2, 0) is 0 Å².